The van der Waals surface area contributed by atoms with E-state index in [-0.39, 0.29) is 0 Å². The lowest BCUT2D eigenvalue weighted by Gasteiger charge is -2.36. The zero-order valence-electron chi connectivity index (χ0n) is 12.7. The minimum absolute atomic E-state index is 0.652. The number of hydrogen-bond donors (Lipinski definition) is 1. The summed E-state index contributed by atoms with van der Waals surface area (Å²) in [6.45, 7) is 1.97. The summed E-state index contributed by atoms with van der Waals surface area (Å²) in [5.74, 6) is 0.869. The fourth-order valence-electron chi connectivity index (χ4n) is 3.30. The van der Waals surface area contributed by atoms with E-state index < -0.39 is 6.35 Å². The summed E-state index contributed by atoms with van der Waals surface area (Å²) >= 11 is 6.22. The maximum atomic E-state index is 10.7. The summed E-state index contributed by atoms with van der Waals surface area (Å²) in [6, 6.07) is 15.6. The lowest BCUT2D eigenvalue weighted by Crippen LogP contribution is -2.40. The first-order valence-corrected chi connectivity index (χ1v) is 8.27. The minimum Gasteiger partial charge on any atom is -0.356 e. The molecule has 118 valence electrons. The fraction of sp³-hybridized carbons (Fsp3) is 0.278. The molecule has 23 heavy (non-hydrogen) atoms. The van der Waals surface area contributed by atoms with Gasteiger partial charge < -0.3 is 10.0 Å². The van der Waals surface area contributed by atoms with Gasteiger partial charge in [-0.3, -0.25) is 4.90 Å². The van der Waals surface area contributed by atoms with Gasteiger partial charge in [0.25, 0.3) is 0 Å². The molecule has 4 nitrogen and oxygen atoms in total. The number of hydrogen-bond acceptors (Lipinski definition) is 4. The quantitative estimate of drug-likeness (QED) is 0.869. The van der Waals surface area contributed by atoms with E-state index in [1.54, 1.807) is 0 Å². The van der Waals surface area contributed by atoms with E-state index in [9.17, 15) is 5.11 Å². The monoisotopic (exact) mass is 327 g/mol. The molecule has 2 aromatic rings. The second-order valence-corrected chi connectivity index (χ2v) is 6.30. The third-order valence-corrected chi connectivity index (χ3v) is 4.60. The molecule has 0 bridgehead atoms. The number of likely N-dealkylation sites (tertiary alicyclic amines) is 1. The summed E-state index contributed by atoms with van der Waals surface area (Å²) < 4.78 is 0. The first-order valence-electron chi connectivity index (χ1n) is 7.89. The molecule has 0 aromatic heterocycles. The summed E-state index contributed by atoms with van der Waals surface area (Å²) in [6.07, 6.45) is 1.39. The molecule has 0 amide bonds. The van der Waals surface area contributed by atoms with Crippen molar-refractivity contribution in [1.29, 1.82) is 0 Å². The molecule has 2 heterocycles. The van der Waals surface area contributed by atoms with Gasteiger partial charge >= 0.3 is 0 Å². The molecule has 2 aromatic carbocycles. The van der Waals surface area contributed by atoms with Crippen molar-refractivity contribution in [2.45, 2.75) is 19.2 Å². The van der Waals surface area contributed by atoms with Crippen LogP contribution in [0.1, 0.15) is 18.4 Å². The van der Waals surface area contributed by atoms with E-state index >= 15 is 0 Å². The highest BCUT2D eigenvalue weighted by Gasteiger charge is 2.31. The Morgan fingerprint density at radius 2 is 1.78 bits per heavy atom. The largest absolute Gasteiger partial charge is 0.356 e. The number of aliphatic imine (C=N–C) groups is 1. The average Bonchev–Trinajstić information content (AvgIpc) is 3.09. The number of aliphatic hydroxyl groups is 1. The standard InChI is InChI=1S/C18H18ClN3O/c19-13-8-9-15-16(12-13)22(14-6-2-1-3-7-14)18(23)20-17(15)21-10-4-5-11-21/h1-3,6-9,12,18,23H,4-5,10-11H2. The van der Waals surface area contributed by atoms with E-state index in [2.05, 4.69) is 9.89 Å². The maximum absolute atomic E-state index is 10.7. The van der Waals surface area contributed by atoms with Gasteiger partial charge in [0, 0.05) is 29.4 Å². The Bertz CT molecular complexity index is 741. The van der Waals surface area contributed by atoms with E-state index in [0.29, 0.717) is 5.02 Å². The van der Waals surface area contributed by atoms with E-state index in [0.717, 1.165) is 35.9 Å². The number of anilines is 2. The van der Waals surface area contributed by atoms with Gasteiger partial charge in [-0.15, -0.1) is 0 Å². The zero-order chi connectivity index (χ0) is 15.8. The lowest BCUT2D eigenvalue weighted by molar-refractivity contribution is 0.187. The molecule has 4 rings (SSSR count). The third kappa shape index (κ3) is 2.58. The molecule has 5 heteroatoms. The van der Waals surface area contributed by atoms with Gasteiger partial charge in [0.2, 0.25) is 6.35 Å². The topological polar surface area (TPSA) is 39.1 Å². The van der Waals surface area contributed by atoms with Crippen LogP contribution in [-0.2, 0) is 0 Å². The van der Waals surface area contributed by atoms with Crippen molar-refractivity contribution in [1.82, 2.24) is 4.90 Å². The summed E-state index contributed by atoms with van der Waals surface area (Å²) in [7, 11) is 0. The molecule has 1 fully saturated rings. The van der Waals surface area contributed by atoms with Gasteiger partial charge in [0.05, 0.1) is 5.69 Å². The van der Waals surface area contributed by atoms with Crippen molar-refractivity contribution in [3.8, 4) is 0 Å². The molecular weight excluding hydrogens is 310 g/mol. The van der Waals surface area contributed by atoms with Crippen molar-refractivity contribution in [2.24, 2.45) is 4.99 Å². The van der Waals surface area contributed by atoms with Crippen molar-refractivity contribution >= 4 is 28.8 Å². The highest BCUT2D eigenvalue weighted by Crippen LogP contribution is 2.37. The first kappa shape index (κ1) is 14.5. The van der Waals surface area contributed by atoms with Gasteiger partial charge in [-0.05, 0) is 43.2 Å². The van der Waals surface area contributed by atoms with Crippen molar-refractivity contribution < 1.29 is 5.11 Å². The fourth-order valence-corrected chi connectivity index (χ4v) is 3.46. The van der Waals surface area contributed by atoms with Crippen LogP contribution >= 0.6 is 11.6 Å². The van der Waals surface area contributed by atoms with Crippen LogP contribution in [-0.4, -0.2) is 35.3 Å². The Kier molecular flexibility index (Phi) is 3.71. The van der Waals surface area contributed by atoms with Gasteiger partial charge in [0.15, 0.2) is 0 Å². The Balaban J connectivity index is 1.84. The number of para-hydroxylation sites is 1. The summed E-state index contributed by atoms with van der Waals surface area (Å²) in [5.41, 5.74) is 2.81. The Morgan fingerprint density at radius 3 is 2.52 bits per heavy atom. The predicted molar refractivity (Wildman–Crippen MR) is 93.4 cm³/mol. The van der Waals surface area contributed by atoms with Crippen LogP contribution in [0.15, 0.2) is 53.5 Å². The van der Waals surface area contributed by atoms with Gasteiger partial charge in [-0.1, -0.05) is 29.8 Å². The van der Waals surface area contributed by atoms with Gasteiger partial charge in [0.1, 0.15) is 5.84 Å². The van der Waals surface area contributed by atoms with Crippen LogP contribution in [0.5, 0.6) is 0 Å². The molecule has 1 N–H and O–H groups in total. The minimum atomic E-state index is -0.945. The molecule has 2 aliphatic rings. The highest BCUT2D eigenvalue weighted by molar-refractivity contribution is 6.31. The molecule has 2 aliphatic heterocycles. The number of rotatable bonds is 1. The SMILES string of the molecule is OC1N=C(N2CCCC2)c2ccc(Cl)cc2N1c1ccccc1. The molecule has 1 saturated heterocycles. The number of halogens is 1. The van der Waals surface area contributed by atoms with Gasteiger partial charge in [-0.2, -0.15) is 0 Å². The Hall–Kier alpha value is -2.04. The molecule has 0 saturated carbocycles. The normalized spacial score (nSPS) is 20.4. The van der Waals surface area contributed by atoms with Crippen LogP contribution in [0, 0.1) is 0 Å². The van der Waals surface area contributed by atoms with Crippen molar-refractivity contribution in [3.63, 3.8) is 0 Å². The highest BCUT2D eigenvalue weighted by atomic mass is 35.5. The number of aliphatic hydroxyl groups excluding tert-OH is 1. The Morgan fingerprint density at radius 1 is 1.04 bits per heavy atom. The number of nitrogens with zero attached hydrogens (tertiary/aromatic N) is 3. The molecule has 0 spiro atoms. The van der Waals surface area contributed by atoms with Crippen molar-refractivity contribution in [2.75, 3.05) is 18.0 Å². The molecular formula is C18H18ClN3O. The lowest BCUT2D eigenvalue weighted by atomic mass is 10.1. The second kappa shape index (κ2) is 5.87. The van der Waals surface area contributed by atoms with Crippen LogP contribution in [0.2, 0.25) is 5.02 Å². The number of fused-ring (bicyclic) bond motifs is 1. The van der Waals surface area contributed by atoms with Crippen molar-refractivity contribution in [3.05, 3.63) is 59.1 Å². The van der Waals surface area contributed by atoms with E-state index in [1.165, 1.54) is 12.8 Å². The Labute approximate surface area is 140 Å². The average molecular weight is 328 g/mol. The second-order valence-electron chi connectivity index (χ2n) is 5.86. The van der Waals surface area contributed by atoms with Crippen LogP contribution < -0.4 is 4.90 Å². The molecule has 0 radical (unpaired) electrons. The molecule has 1 unspecified atom stereocenters. The predicted octanol–water partition coefficient (Wildman–Crippen LogP) is 3.61. The first-order chi connectivity index (χ1) is 11.2. The van der Waals surface area contributed by atoms with Crippen LogP contribution in [0.25, 0.3) is 0 Å². The summed E-state index contributed by atoms with van der Waals surface area (Å²) in [4.78, 5) is 8.64. The third-order valence-electron chi connectivity index (χ3n) is 4.37. The number of benzene rings is 2. The zero-order valence-corrected chi connectivity index (χ0v) is 13.4. The smallest absolute Gasteiger partial charge is 0.231 e. The van der Waals surface area contributed by atoms with E-state index in [1.807, 2.05) is 53.4 Å². The van der Waals surface area contributed by atoms with E-state index in [4.69, 9.17) is 11.6 Å². The maximum Gasteiger partial charge on any atom is 0.231 e. The molecule has 0 aliphatic carbocycles. The van der Waals surface area contributed by atoms with Crippen LogP contribution in [0.3, 0.4) is 0 Å². The number of amidine groups is 1. The van der Waals surface area contributed by atoms with Gasteiger partial charge in [-0.25, -0.2) is 4.99 Å². The summed E-state index contributed by atoms with van der Waals surface area (Å²) in [5, 5.41) is 11.3. The molecule has 1 atom stereocenters. The van der Waals surface area contributed by atoms with Crippen LogP contribution in [0.4, 0.5) is 11.4 Å².